The largest absolute Gasteiger partial charge is 0.444 e. The van der Waals surface area contributed by atoms with Crippen LogP contribution >= 0.6 is 0 Å². The van der Waals surface area contributed by atoms with Crippen LogP contribution in [0.15, 0.2) is 35.3 Å². The maximum absolute atomic E-state index is 11.5. The van der Waals surface area contributed by atoms with Crippen LogP contribution in [0, 0.1) is 0 Å². The highest BCUT2D eigenvalue weighted by molar-refractivity contribution is 5.79. The second-order valence-electron chi connectivity index (χ2n) is 7.31. The minimum atomic E-state index is -0.467. The first kappa shape index (κ1) is 21.8. The first-order valence-corrected chi connectivity index (χ1v) is 9.28. The molecule has 0 aromatic heterocycles. The van der Waals surface area contributed by atoms with E-state index in [0.717, 1.165) is 31.9 Å². The van der Waals surface area contributed by atoms with Crippen molar-refractivity contribution in [3.63, 3.8) is 0 Å². The Kier molecular flexibility index (Phi) is 9.55. The van der Waals surface area contributed by atoms with Crippen LogP contribution in [0.25, 0.3) is 0 Å². The van der Waals surface area contributed by atoms with Crippen molar-refractivity contribution in [1.82, 2.24) is 16.0 Å². The molecule has 6 nitrogen and oxygen atoms in total. The predicted octanol–water partition coefficient (Wildman–Crippen LogP) is 3.26. The van der Waals surface area contributed by atoms with Crippen molar-refractivity contribution in [3.05, 3.63) is 35.9 Å². The van der Waals surface area contributed by atoms with Crippen LogP contribution in [0.2, 0.25) is 0 Å². The van der Waals surface area contributed by atoms with Gasteiger partial charge < -0.3 is 20.7 Å². The van der Waals surface area contributed by atoms with E-state index >= 15 is 0 Å². The minimum Gasteiger partial charge on any atom is -0.444 e. The highest BCUT2D eigenvalue weighted by Gasteiger charge is 2.15. The molecule has 0 spiro atoms. The number of hydrogen-bond acceptors (Lipinski definition) is 3. The molecule has 1 aromatic carbocycles. The van der Waals surface area contributed by atoms with Gasteiger partial charge in [-0.1, -0.05) is 37.3 Å². The van der Waals surface area contributed by atoms with Gasteiger partial charge in [-0.3, -0.25) is 4.99 Å². The van der Waals surface area contributed by atoms with E-state index in [2.05, 4.69) is 52.1 Å². The number of rotatable bonds is 8. The zero-order chi connectivity index (χ0) is 19.4. The third-order valence-electron chi connectivity index (χ3n) is 3.78. The van der Waals surface area contributed by atoms with Gasteiger partial charge in [0.05, 0.1) is 0 Å². The minimum absolute atomic E-state index is 0.380. The fraction of sp³-hybridized carbons (Fsp3) is 0.600. The van der Waals surface area contributed by atoms with Crippen molar-refractivity contribution in [3.8, 4) is 0 Å². The van der Waals surface area contributed by atoms with E-state index in [9.17, 15) is 4.79 Å². The average molecular weight is 363 g/mol. The molecule has 1 amide bonds. The molecule has 0 aliphatic rings. The fourth-order valence-corrected chi connectivity index (χ4v) is 2.38. The first-order chi connectivity index (χ1) is 12.3. The SMILES string of the molecule is CN=C(NCCCNC(=O)OC(C)(C)C)NCCC(C)c1ccccc1. The number of nitrogens with one attached hydrogen (secondary N) is 3. The van der Waals surface area contributed by atoms with E-state index in [0.29, 0.717) is 12.5 Å². The van der Waals surface area contributed by atoms with E-state index < -0.39 is 5.60 Å². The highest BCUT2D eigenvalue weighted by Crippen LogP contribution is 2.17. The number of benzene rings is 1. The molecule has 26 heavy (non-hydrogen) atoms. The Morgan fingerprint density at radius 2 is 1.69 bits per heavy atom. The lowest BCUT2D eigenvalue weighted by molar-refractivity contribution is 0.0527. The topological polar surface area (TPSA) is 74.8 Å². The summed E-state index contributed by atoms with van der Waals surface area (Å²) >= 11 is 0. The van der Waals surface area contributed by atoms with Gasteiger partial charge in [0, 0.05) is 26.7 Å². The van der Waals surface area contributed by atoms with Crippen LogP contribution in [0.3, 0.4) is 0 Å². The molecule has 1 rings (SSSR count). The molecule has 0 bridgehead atoms. The zero-order valence-electron chi connectivity index (χ0n) is 16.8. The Balaban J connectivity index is 2.15. The van der Waals surface area contributed by atoms with E-state index in [-0.39, 0.29) is 6.09 Å². The number of aliphatic imine (C=N–C) groups is 1. The second kappa shape index (κ2) is 11.4. The number of nitrogens with zero attached hydrogens (tertiary/aromatic N) is 1. The number of amides is 1. The van der Waals surface area contributed by atoms with Crippen molar-refractivity contribution in [2.24, 2.45) is 4.99 Å². The fourth-order valence-electron chi connectivity index (χ4n) is 2.38. The third kappa shape index (κ3) is 9.91. The van der Waals surface area contributed by atoms with E-state index in [1.54, 1.807) is 7.05 Å². The normalized spacial score (nSPS) is 13.0. The van der Waals surface area contributed by atoms with E-state index in [4.69, 9.17) is 4.74 Å². The van der Waals surface area contributed by atoms with Gasteiger partial charge >= 0.3 is 6.09 Å². The van der Waals surface area contributed by atoms with Crippen LogP contribution in [0.5, 0.6) is 0 Å². The van der Waals surface area contributed by atoms with Crippen molar-refractivity contribution >= 4 is 12.1 Å². The molecule has 1 atom stereocenters. The van der Waals surface area contributed by atoms with Crippen LogP contribution in [0.4, 0.5) is 4.79 Å². The number of alkyl carbamates (subject to hydrolysis) is 1. The molecule has 0 aliphatic carbocycles. The summed E-state index contributed by atoms with van der Waals surface area (Å²) in [6, 6.07) is 10.5. The summed E-state index contributed by atoms with van der Waals surface area (Å²) in [4.78, 5) is 15.8. The molecular formula is C20H34N4O2. The van der Waals surface area contributed by atoms with Crippen LogP contribution in [-0.2, 0) is 4.74 Å². The van der Waals surface area contributed by atoms with Crippen LogP contribution < -0.4 is 16.0 Å². The summed E-state index contributed by atoms with van der Waals surface area (Å²) in [5.41, 5.74) is 0.885. The Morgan fingerprint density at radius 3 is 2.31 bits per heavy atom. The van der Waals surface area contributed by atoms with Gasteiger partial charge in [-0.15, -0.1) is 0 Å². The lowest BCUT2D eigenvalue weighted by Gasteiger charge is -2.19. The lowest BCUT2D eigenvalue weighted by Crippen LogP contribution is -2.39. The van der Waals surface area contributed by atoms with Gasteiger partial charge in [-0.25, -0.2) is 4.79 Å². The second-order valence-corrected chi connectivity index (χ2v) is 7.31. The first-order valence-electron chi connectivity index (χ1n) is 9.28. The van der Waals surface area contributed by atoms with Gasteiger partial charge in [-0.2, -0.15) is 0 Å². The monoisotopic (exact) mass is 362 g/mol. The van der Waals surface area contributed by atoms with Gasteiger partial charge in [0.2, 0.25) is 0 Å². The maximum Gasteiger partial charge on any atom is 0.407 e. The number of carbonyl (C=O) groups is 1. The van der Waals surface area contributed by atoms with E-state index in [1.807, 2.05) is 26.8 Å². The molecule has 0 fully saturated rings. The summed E-state index contributed by atoms with van der Waals surface area (Å²) in [6.45, 7) is 9.92. The number of carbonyl (C=O) groups excluding carboxylic acids is 1. The number of ether oxygens (including phenoxy) is 1. The predicted molar refractivity (Wildman–Crippen MR) is 108 cm³/mol. The Hall–Kier alpha value is -2.24. The molecule has 3 N–H and O–H groups in total. The summed E-state index contributed by atoms with van der Waals surface area (Å²) in [7, 11) is 1.76. The Morgan fingerprint density at radius 1 is 1.08 bits per heavy atom. The zero-order valence-corrected chi connectivity index (χ0v) is 16.8. The van der Waals surface area contributed by atoms with Crippen LogP contribution in [-0.4, -0.2) is 44.3 Å². The molecule has 0 saturated carbocycles. The molecule has 0 aliphatic heterocycles. The van der Waals surface area contributed by atoms with Gasteiger partial charge in [0.25, 0.3) is 0 Å². The van der Waals surface area contributed by atoms with Crippen LogP contribution in [0.1, 0.15) is 52.0 Å². The molecule has 0 saturated heterocycles. The van der Waals surface area contributed by atoms with Crippen molar-refractivity contribution in [2.75, 3.05) is 26.7 Å². The summed E-state index contributed by atoms with van der Waals surface area (Å²) in [5, 5.41) is 9.33. The molecule has 6 heteroatoms. The highest BCUT2D eigenvalue weighted by atomic mass is 16.6. The lowest BCUT2D eigenvalue weighted by atomic mass is 9.98. The van der Waals surface area contributed by atoms with Gasteiger partial charge in [0.15, 0.2) is 5.96 Å². The number of hydrogen-bond donors (Lipinski definition) is 3. The molecule has 0 radical (unpaired) electrons. The molecule has 1 unspecified atom stereocenters. The average Bonchev–Trinajstić information content (AvgIpc) is 2.59. The smallest absolute Gasteiger partial charge is 0.407 e. The summed E-state index contributed by atoms with van der Waals surface area (Å²) < 4.78 is 5.19. The molecule has 146 valence electrons. The summed E-state index contributed by atoms with van der Waals surface area (Å²) in [6.07, 6.45) is 1.44. The number of guanidine groups is 1. The van der Waals surface area contributed by atoms with Crippen molar-refractivity contribution in [2.45, 2.75) is 52.1 Å². The standard InChI is InChI=1S/C20H34N4O2/c1-16(17-10-7-6-8-11-17)12-15-23-18(21-5)22-13-9-14-24-19(25)26-20(2,3)4/h6-8,10-11,16H,9,12-15H2,1-5H3,(H,24,25)(H2,21,22,23). The Labute approximate surface area is 157 Å². The molecule has 1 aromatic rings. The summed E-state index contributed by atoms with van der Waals surface area (Å²) in [5.74, 6) is 1.28. The van der Waals surface area contributed by atoms with E-state index in [1.165, 1.54) is 5.56 Å². The quantitative estimate of drug-likeness (QED) is 0.377. The van der Waals surface area contributed by atoms with Gasteiger partial charge in [0.1, 0.15) is 5.60 Å². The van der Waals surface area contributed by atoms with Crippen molar-refractivity contribution < 1.29 is 9.53 Å². The van der Waals surface area contributed by atoms with Gasteiger partial charge in [-0.05, 0) is 45.1 Å². The Bertz CT molecular complexity index is 553. The molecule has 0 heterocycles. The third-order valence-corrected chi connectivity index (χ3v) is 3.78. The maximum atomic E-state index is 11.5. The molecular weight excluding hydrogens is 328 g/mol. The van der Waals surface area contributed by atoms with Crippen molar-refractivity contribution in [1.29, 1.82) is 0 Å².